The lowest BCUT2D eigenvalue weighted by molar-refractivity contribution is 0.242. The Morgan fingerprint density at radius 2 is 1.82 bits per heavy atom. The standard InChI is InChI=1S/C28H30N4O/c1-18-11-12-25-21(15-18)22(20-9-5-6-10-24(20)29-25)16-32-14-13-26-23(17-32)28(33)31-27(30-26)19-7-3-2-4-8-19/h5-6,9-12,15,19H,2-4,7-8,13-14,16-17H2,1H3,(H,30,31,33). The van der Waals surface area contributed by atoms with Crippen LogP contribution in [0.1, 0.15) is 66.2 Å². The molecule has 0 bridgehead atoms. The maximum atomic E-state index is 13.1. The van der Waals surface area contributed by atoms with Crippen molar-refractivity contribution in [1.29, 1.82) is 0 Å². The Bertz CT molecular complexity index is 1400. The molecule has 0 radical (unpaired) electrons. The number of pyridine rings is 1. The Labute approximate surface area is 193 Å². The highest BCUT2D eigenvalue weighted by Gasteiger charge is 2.25. The topological polar surface area (TPSA) is 61.9 Å². The van der Waals surface area contributed by atoms with E-state index in [0.717, 1.165) is 60.5 Å². The number of hydrogen-bond donors (Lipinski definition) is 1. The average Bonchev–Trinajstić information content (AvgIpc) is 2.85. The first kappa shape index (κ1) is 20.5. The summed E-state index contributed by atoms with van der Waals surface area (Å²) in [6.07, 6.45) is 6.92. The molecule has 5 heteroatoms. The molecule has 2 aliphatic rings. The number of aromatic amines is 1. The molecule has 0 saturated heterocycles. The zero-order chi connectivity index (χ0) is 22.4. The summed E-state index contributed by atoms with van der Waals surface area (Å²) in [6, 6.07) is 14.9. The van der Waals surface area contributed by atoms with Gasteiger partial charge in [-0.05, 0) is 43.5 Å². The van der Waals surface area contributed by atoms with Gasteiger partial charge in [0.05, 0.1) is 22.3 Å². The lowest BCUT2D eigenvalue weighted by Crippen LogP contribution is -2.36. The number of fused-ring (bicyclic) bond motifs is 3. The van der Waals surface area contributed by atoms with Crippen LogP contribution in [0.3, 0.4) is 0 Å². The fourth-order valence-electron chi connectivity index (χ4n) is 5.69. The van der Waals surface area contributed by atoms with Crippen molar-refractivity contribution in [1.82, 2.24) is 19.9 Å². The third-order valence-electron chi connectivity index (χ3n) is 7.49. The highest BCUT2D eigenvalue weighted by molar-refractivity contribution is 5.97. The van der Waals surface area contributed by atoms with Gasteiger partial charge in [-0.2, -0.15) is 0 Å². The fourth-order valence-corrected chi connectivity index (χ4v) is 5.69. The van der Waals surface area contributed by atoms with Crippen LogP contribution in [-0.2, 0) is 19.5 Å². The zero-order valence-electron chi connectivity index (χ0n) is 19.2. The number of nitrogens with zero attached hydrogens (tertiary/aromatic N) is 3. The molecule has 3 heterocycles. The molecule has 0 spiro atoms. The maximum absolute atomic E-state index is 13.1. The Hall–Kier alpha value is -3.05. The van der Waals surface area contributed by atoms with Gasteiger partial charge >= 0.3 is 0 Å². The molecule has 2 aromatic carbocycles. The van der Waals surface area contributed by atoms with E-state index in [9.17, 15) is 4.79 Å². The molecule has 1 aliphatic carbocycles. The van der Waals surface area contributed by atoms with E-state index in [1.165, 1.54) is 41.2 Å². The first-order valence-corrected chi connectivity index (χ1v) is 12.3. The first-order valence-electron chi connectivity index (χ1n) is 12.3. The van der Waals surface area contributed by atoms with Crippen molar-refractivity contribution in [2.45, 2.75) is 64.5 Å². The van der Waals surface area contributed by atoms with Crippen molar-refractivity contribution in [3.05, 3.63) is 81.0 Å². The third kappa shape index (κ3) is 3.84. The van der Waals surface area contributed by atoms with Crippen molar-refractivity contribution >= 4 is 21.8 Å². The summed E-state index contributed by atoms with van der Waals surface area (Å²) in [5, 5.41) is 2.40. The molecule has 0 unspecified atom stereocenters. The molecule has 0 atom stereocenters. The van der Waals surface area contributed by atoms with Gasteiger partial charge in [0.15, 0.2) is 0 Å². The van der Waals surface area contributed by atoms with Crippen LogP contribution >= 0.6 is 0 Å². The maximum Gasteiger partial charge on any atom is 0.255 e. The Kier molecular flexibility index (Phi) is 5.22. The molecular weight excluding hydrogens is 408 g/mol. The van der Waals surface area contributed by atoms with Crippen molar-refractivity contribution in [2.24, 2.45) is 0 Å². The van der Waals surface area contributed by atoms with E-state index in [4.69, 9.17) is 9.97 Å². The summed E-state index contributed by atoms with van der Waals surface area (Å²) in [6.45, 7) is 4.49. The zero-order valence-corrected chi connectivity index (χ0v) is 19.2. The molecule has 5 nitrogen and oxygen atoms in total. The molecule has 33 heavy (non-hydrogen) atoms. The molecule has 6 rings (SSSR count). The smallest absolute Gasteiger partial charge is 0.255 e. The van der Waals surface area contributed by atoms with E-state index >= 15 is 0 Å². The molecule has 1 fully saturated rings. The summed E-state index contributed by atoms with van der Waals surface area (Å²) in [4.78, 5) is 28.5. The largest absolute Gasteiger partial charge is 0.310 e. The van der Waals surface area contributed by atoms with Gasteiger partial charge in [-0.3, -0.25) is 9.69 Å². The van der Waals surface area contributed by atoms with Crippen molar-refractivity contribution in [2.75, 3.05) is 6.54 Å². The highest BCUT2D eigenvalue weighted by atomic mass is 16.1. The van der Waals surface area contributed by atoms with Crippen LogP contribution in [0.25, 0.3) is 21.8 Å². The van der Waals surface area contributed by atoms with Gasteiger partial charge in [-0.15, -0.1) is 0 Å². The number of benzene rings is 2. The highest BCUT2D eigenvalue weighted by Crippen LogP contribution is 2.32. The van der Waals surface area contributed by atoms with Crippen LogP contribution in [0.15, 0.2) is 47.3 Å². The van der Waals surface area contributed by atoms with Crippen LogP contribution in [0.2, 0.25) is 0 Å². The predicted octanol–water partition coefficient (Wildman–Crippen LogP) is 5.39. The normalized spacial score (nSPS) is 17.5. The van der Waals surface area contributed by atoms with Crippen LogP contribution in [0, 0.1) is 6.92 Å². The quantitative estimate of drug-likeness (QED) is 0.436. The molecule has 0 amide bonds. The second-order valence-corrected chi connectivity index (χ2v) is 9.80. The summed E-state index contributed by atoms with van der Waals surface area (Å²) in [5.41, 5.74) is 6.51. The first-order chi connectivity index (χ1) is 16.2. The molecule has 168 valence electrons. The number of aromatic nitrogens is 3. The van der Waals surface area contributed by atoms with E-state index in [-0.39, 0.29) is 5.56 Å². The van der Waals surface area contributed by atoms with Crippen LogP contribution in [0.5, 0.6) is 0 Å². The van der Waals surface area contributed by atoms with Gasteiger partial charge in [-0.1, -0.05) is 49.1 Å². The number of para-hydroxylation sites is 1. The van der Waals surface area contributed by atoms with Gasteiger partial charge in [-0.25, -0.2) is 9.97 Å². The average molecular weight is 439 g/mol. The Morgan fingerprint density at radius 3 is 2.70 bits per heavy atom. The molecule has 2 aromatic heterocycles. The monoisotopic (exact) mass is 438 g/mol. The minimum atomic E-state index is 0.0607. The Morgan fingerprint density at radius 1 is 1.00 bits per heavy atom. The molecule has 1 N–H and O–H groups in total. The SMILES string of the molecule is Cc1ccc2nc3ccccc3c(CN3CCc4nc(C5CCCCC5)[nH]c(=O)c4C3)c2c1. The van der Waals surface area contributed by atoms with Gasteiger partial charge < -0.3 is 4.98 Å². The number of hydrogen-bond acceptors (Lipinski definition) is 4. The van der Waals surface area contributed by atoms with E-state index in [1.54, 1.807) is 0 Å². The lowest BCUT2D eigenvalue weighted by Gasteiger charge is -2.29. The summed E-state index contributed by atoms with van der Waals surface area (Å²) >= 11 is 0. The fraction of sp³-hybridized carbons (Fsp3) is 0.393. The minimum absolute atomic E-state index is 0.0607. The summed E-state index contributed by atoms with van der Waals surface area (Å²) in [7, 11) is 0. The molecular formula is C28H30N4O. The van der Waals surface area contributed by atoms with E-state index in [0.29, 0.717) is 12.5 Å². The summed E-state index contributed by atoms with van der Waals surface area (Å²) in [5.74, 6) is 1.35. The van der Waals surface area contributed by atoms with Crippen molar-refractivity contribution in [3.63, 3.8) is 0 Å². The molecule has 4 aromatic rings. The van der Waals surface area contributed by atoms with Gasteiger partial charge in [0.25, 0.3) is 5.56 Å². The van der Waals surface area contributed by atoms with E-state index in [2.05, 4.69) is 53.2 Å². The molecule has 1 aliphatic heterocycles. The van der Waals surface area contributed by atoms with Crippen molar-refractivity contribution < 1.29 is 0 Å². The number of H-pyrrole nitrogens is 1. The summed E-state index contributed by atoms with van der Waals surface area (Å²) < 4.78 is 0. The van der Waals surface area contributed by atoms with Gasteiger partial charge in [0.1, 0.15) is 5.82 Å². The second kappa shape index (κ2) is 8.38. The predicted molar refractivity (Wildman–Crippen MR) is 132 cm³/mol. The number of aryl methyl sites for hydroxylation is 1. The third-order valence-corrected chi connectivity index (χ3v) is 7.49. The second-order valence-electron chi connectivity index (χ2n) is 9.80. The minimum Gasteiger partial charge on any atom is -0.310 e. The van der Waals surface area contributed by atoms with E-state index in [1.807, 2.05) is 6.07 Å². The molecule has 1 saturated carbocycles. The Balaban J connectivity index is 1.34. The number of nitrogens with one attached hydrogen (secondary N) is 1. The number of rotatable bonds is 3. The van der Waals surface area contributed by atoms with Crippen molar-refractivity contribution in [3.8, 4) is 0 Å². The van der Waals surface area contributed by atoms with Crippen LogP contribution in [-0.4, -0.2) is 26.4 Å². The van der Waals surface area contributed by atoms with Crippen LogP contribution in [0.4, 0.5) is 0 Å². The van der Waals surface area contributed by atoms with Gasteiger partial charge in [0, 0.05) is 42.7 Å². The van der Waals surface area contributed by atoms with Crippen LogP contribution < -0.4 is 5.56 Å². The van der Waals surface area contributed by atoms with E-state index < -0.39 is 0 Å². The van der Waals surface area contributed by atoms with Gasteiger partial charge in [0.2, 0.25) is 0 Å². The lowest BCUT2D eigenvalue weighted by atomic mass is 9.88.